The van der Waals surface area contributed by atoms with Crippen LogP contribution in [0.25, 0.3) is 0 Å². The zero-order valence-electron chi connectivity index (χ0n) is 13.9. The predicted octanol–water partition coefficient (Wildman–Crippen LogP) is 3.10. The lowest BCUT2D eigenvalue weighted by atomic mass is 10.1. The van der Waals surface area contributed by atoms with E-state index in [4.69, 9.17) is 9.47 Å². The zero-order chi connectivity index (χ0) is 17.3. The summed E-state index contributed by atoms with van der Waals surface area (Å²) in [5, 5.41) is 0. The molecule has 0 saturated heterocycles. The minimum Gasteiger partial charge on any atom is -0.479 e. The Hall–Kier alpha value is -2.82. The number of fused-ring (bicyclic) bond motifs is 1. The summed E-state index contributed by atoms with van der Waals surface area (Å²) in [4.78, 5) is 25.8. The van der Waals surface area contributed by atoms with Gasteiger partial charge in [-0.2, -0.15) is 0 Å². The number of aryl methyl sites for hydroxylation is 1. The van der Waals surface area contributed by atoms with Gasteiger partial charge in [-0.05, 0) is 49.2 Å². The number of anilines is 1. The van der Waals surface area contributed by atoms with Crippen molar-refractivity contribution >= 4 is 17.6 Å². The fourth-order valence-corrected chi connectivity index (χ4v) is 2.73. The normalized spacial score (nSPS) is 16.4. The van der Waals surface area contributed by atoms with E-state index in [0.29, 0.717) is 17.9 Å². The summed E-state index contributed by atoms with van der Waals surface area (Å²) in [5.74, 6) is 0.252. The third-order valence-corrected chi connectivity index (χ3v) is 4.04. The second-order valence-electron chi connectivity index (χ2n) is 5.84. The number of carbonyl (C=O) groups excluding carboxylic acids is 2. The molecule has 3 rings (SSSR count). The molecule has 0 N–H and O–H groups in total. The first kappa shape index (κ1) is 16.1. The summed E-state index contributed by atoms with van der Waals surface area (Å²) < 4.78 is 10.4. The molecule has 124 valence electrons. The SMILES string of the molecule is COC(=O)c1ccc(CN2C(=O)C(C)Oc3ccc(C)cc32)cc1. The van der Waals surface area contributed by atoms with Crippen molar-refractivity contribution in [3.8, 4) is 5.75 Å². The Bertz CT molecular complexity index is 782. The molecule has 1 heterocycles. The lowest BCUT2D eigenvalue weighted by molar-refractivity contribution is -0.125. The van der Waals surface area contributed by atoms with Crippen LogP contribution >= 0.6 is 0 Å². The van der Waals surface area contributed by atoms with Crippen LogP contribution < -0.4 is 9.64 Å². The van der Waals surface area contributed by atoms with Gasteiger partial charge in [0.25, 0.3) is 5.91 Å². The van der Waals surface area contributed by atoms with Crippen LogP contribution in [0, 0.1) is 6.92 Å². The number of hydrogen-bond acceptors (Lipinski definition) is 4. The molecule has 1 unspecified atom stereocenters. The van der Waals surface area contributed by atoms with Gasteiger partial charge in [-0.25, -0.2) is 4.79 Å². The molecule has 1 amide bonds. The number of carbonyl (C=O) groups is 2. The van der Waals surface area contributed by atoms with Gasteiger partial charge in [0.05, 0.1) is 24.9 Å². The van der Waals surface area contributed by atoms with E-state index in [1.165, 1.54) is 7.11 Å². The van der Waals surface area contributed by atoms with E-state index in [9.17, 15) is 9.59 Å². The van der Waals surface area contributed by atoms with E-state index in [0.717, 1.165) is 16.8 Å². The van der Waals surface area contributed by atoms with Crippen molar-refractivity contribution in [2.75, 3.05) is 12.0 Å². The van der Waals surface area contributed by atoms with Crippen molar-refractivity contribution in [3.63, 3.8) is 0 Å². The first-order chi connectivity index (χ1) is 11.5. The van der Waals surface area contributed by atoms with Gasteiger partial charge >= 0.3 is 5.97 Å². The summed E-state index contributed by atoms with van der Waals surface area (Å²) in [6.45, 7) is 4.15. The van der Waals surface area contributed by atoms with Crippen molar-refractivity contribution in [1.29, 1.82) is 0 Å². The van der Waals surface area contributed by atoms with E-state index >= 15 is 0 Å². The first-order valence-electron chi connectivity index (χ1n) is 7.75. The maximum Gasteiger partial charge on any atom is 0.337 e. The Morgan fingerprint density at radius 2 is 1.92 bits per heavy atom. The molecule has 0 bridgehead atoms. The quantitative estimate of drug-likeness (QED) is 0.814. The molecule has 24 heavy (non-hydrogen) atoms. The molecule has 5 heteroatoms. The number of ether oxygens (including phenoxy) is 2. The number of benzene rings is 2. The molecule has 0 saturated carbocycles. The van der Waals surface area contributed by atoms with Crippen molar-refractivity contribution in [1.82, 2.24) is 0 Å². The minimum atomic E-state index is -0.519. The maximum atomic E-state index is 12.6. The van der Waals surface area contributed by atoms with E-state index in [1.54, 1.807) is 24.0 Å². The highest BCUT2D eigenvalue weighted by Gasteiger charge is 2.31. The zero-order valence-corrected chi connectivity index (χ0v) is 13.9. The first-order valence-corrected chi connectivity index (χ1v) is 7.75. The largest absolute Gasteiger partial charge is 0.479 e. The number of hydrogen-bond donors (Lipinski definition) is 0. The highest BCUT2D eigenvalue weighted by Crippen LogP contribution is 2.35. The van der Waals surface area contributed by atoms with Crippen LogP contribution in [0.15, 0.2) is 42.5 Å². The molecule has 1 aliphatic heterocycles. The standard InChI is InChI=1S/C19H19NO4/c1-12-4-9-17-16(10-12)20(18(21)13(2)24-17)11-14-5-7-15(8-6-14)19(22)23-3/h4-10,13H,11H2,1-3H3. The Balaban J connectivity index is 1.90. The molecule has 0 aromatic heterocycles. The molecule has 1 aliphatic rings. The Morgan fingerprint density at radius 3 is 2.58 bits per heavy atom. The van der Waals surface area contributed by atoms with E-state index in [1.807, 2.05) is 37.3 Å². The summed E-state index contributed by atoms with van der Waals surface area (Å²) in [5.41, 5.74) is 3.25. The van der Waals surface area contributed by atoms with E-state index < -0.39 is 6.10 Å². The Labute approximate surface area is 140 Å². The van der Waals surface area contributed by atoms with E-state index in [-0.39, 0.29) is 11.9 Å². The summed E-state index contributed by atoms with van der Waals surface area (Å²) in [6.07, 6.45) is -0.519. The highest BCUT2D eigenvalue weighted by molar-refractivity contribution is 5.99. The lowest BCUT2D eigenvalue weighted by Crippen LogP contribution is -2.44. The topological polar surface area (TPSA) is 55.8 Å². The molecule has 0 radical (unpaired) electrons. The molecule has 5 nitrogen and oxygen atoms in total. The molecule has 0 fully saturated rings. The summed E-state index contributed by atoms with van der Waals surface area (Å²) in [6, 6.07) is 12.9. The maximum absolute atomic E-state index is 12.6. The Morgan fingerprint density at radius 1 is 1.21 bits per heavy atom. The molecular weight excluding hydrogens is 306 g/mol. The number of methoxy groups -OCH3 is 1. The van der Waals surface area contributed by atoms with Gasteiger partial charge in [0.2, 0.25) is 0 Å². The third kappa shape index (κ3) is 2.97. The Kier molecular flexibility index (Phi) is 4.25. The molecular formula is C19H19NO4. The van der Waals surface area contributed by atoms with Crippen molar-refractivity contribution in [3.05, 3.63) is 59.2 Å². The van der Waals surface area contributed by atoms with Crippen LogP contribution in [0.1, 0.15) is 28.4 Å². The molecule has 0 spiro atoms. The van der Waals surface area contributed by atoms with Crippen LogP contribution in [-0.2, 0) is 16.1 Å². The molecule has 2 aromatic rings. The van der Waals surface area contributed by atoms with Crippen LogP contribution in [0.3, 0.4) is 0 Å². The van der Waals surface area contributed by atoms with Crippen molar-refractivity contribution in [2.45, 2.75) is 26.5 Å². The molecule has 0 aliphatic carbocycles. The van der Waals surface area contributed by atoms with Crippen molar-refractivity contribution in [2.24, 2.45) is 0 Å². The molecule has 2 aromatic carbocycles. The second-order valence-corrected chi connectivity index (χ2v) is 5.84. The number of nitrogens with zero attached hydrogens (tertiary/aromatic N) is 1. The van der Waals surface area contributed by atoms with Gasteiger partial charge in [0.15, 0.2) is 6.10 Å². The van der Waals surface area contributed by atoms with Gasteiger partial charge < -0.3 is 14.4 Å². The molecule has 1 atom stereocenters. The average molecular weight is 325 g/mol. The van der Waals surface area contributed by atoms with Crippen molar-refractivity contribution < 1.29 is 19.1 Å². The summed E-state index contributed by atoms with van der Waals surface area (Å²) >= 11 is 0. The smallest absolute Gasteiger partial charge is 0.337 e. The van der Waals surface area contributed by atoms with Gasteiger partial charge in [-0.15, -0.1) is 0 Å². The fourth-order valence-electron chi connectivity index (χ4n) is 2.73. The number of amides is 1. The minimum absolute atomic E-state index is 0.0786. The van der Waals surface area contributed by atoms with E-state index in [2.05, 4.69) is 0 Å². The summed E-state index contributed by atoms with van der Waals surface area (Å²) in [7, 11) is 1.35. The van der Waals surface area contributed by atoms with Gasteiger partial charge in [0, 0.05) is 0 Å². The number of esters is 1. The van der Waals surface area contributed by atoms with Gasteiger partial charge in [-0.1, -0.05) is 18.2 Å². The van der Waals surface area contributed by atoms with Crippen LogP contribution in [-0.4, -0.2) is 25.1 Å². The van der Waals surface area contributed by atoms with Gasteiger partial charge in [-0.3, -0.25) is 4.79 Å². The average Bonchev–Trinajstić information content (AvgIpc) is 2.59. The number of rotatable bonds is 3. The second kappa shape index (κ2) is 6.35. The van der Waals surface area contributed by atoms with Crippen LogP contribution in [0.2, 0.25) is 0 Å². The predicted molar refractivity (Wildman–Crippen MR) is 90.2 cm³/mol. The lowest BCUT2D eigenvalue weighted by Gasteiger charge is -2.33. The van der Waals surface area contributed by atoms with Gasteiger partial charge in [0.1, 0.15) is 5.75 Å². The third-order valence-electron chi connectivity index (χ3n) is 4.04. The fraction of sp³-hybridized carbons (Fsp3) is 0.263. The van der Waals surface area contributed by atoms with Crippen LogP contribution in [0.4, 0.5) is 5.69 Å². The monoisotopic (exact) mass is 325 g/mol. The van der Waals surface area contributed by atoms with Crippen LogP contribution in [0.5, 0.6) is 5.75 Å². The highest BCUT2D eigenvalue weighted by atomic mass is 16.5.